The van der Waals surface area contributed by atoms with Crippen LogP contribution in [0.2, 0.25) is 0 Å². The van der Waals surface area contributed by atoms with Crippen LogP contribution in [0.4, 0.5) is 0 Å². The first-order chi connectivity index (χ1) is 7.65. The molecule has 90 valence electrons. The maximum atomic E-state index is 3.59. The molecule has 0 spiro atoms. The van der Waals surface area contributed by atoms with Crippen molar-refractivity contribution >= 4 is 27.7 Å². The molecule has 0 saturated carbocycles. The van der Waals surface area contributed by atoms with Crippen molar-refractivity contribution in [2.45, 2.75) is 43.4 Å². The Morgan fingerprint density at radius 3 is 2.62 bits per heavy atom. The van der Waals surface area contributed by atoms with Crippen LogP contribution in [0.3, 0.4) is 0 Å². The summed E-state index contributed by atoms with van der Waals surface area (Å²) in [6.07, 6.45) is 1.19. The molecule has 1 rings (SSSR count). The number of rotatable bonds is 6. The molecular formula is C13H20BrNS. The van der Waals surface area contributed by atoms with Gasteiger partial charge in [0.2, 0.25) is 0 Å². The lowest BCUT2D eigenvalue weighted by Gasteiger charge is -2.21. The minimum atomic E-state index is 0.539. The molecule has 3 heteroatoms. The minimum Gasteiger partial charge on any atom is -0.313 e. The van der Waals surface area contributed by atoms with Gasteiger partial charge in [0.15, 0.2) is 0 Å². The van der Waals surface area contributed by atoms with E-state index in [0.717, 1.165) is 6.54 Å². The van der Waals surface area contributed by atoms with E-state index in [9.17, 15) is 0 Å². The molecule has 0 amide bonds. The normalized spacial score (nSPS) is 14.8. The largest absolute Gasteiger partial charge is 0.313 e. The van der Waals surface area contributed by atoms with Crippen LogP contribution in [0.1, 0.15) is 27.2 Å². The molecule has 16 heavy (non-hydrogen) atoms. The molecular weight excluding hydrogens is 282 g/mol. The Morgan fingerprint density at radius 2 is 2.00 bits per heavy atom. The summed E-state index contributed by atoms with van der Waals surface area (Å²) in [5.74, 6) is 0. The number of nitrogens with one attached hydrogen (secondary N) is 1. The van der Waals surface area contributed by atoms with Gasteiger partial charge in [-0.3, -0.25) is 0 Å². The average Bonchev–Trinajstić information content (AvgIpc) is 2.28. The smallest absolute Gasteiger partial charge is 0.0311 e. The zero-order chi connectivity index (χ0) is 12.0. The van der Waals surface area contributed by atoms with E-state index in [4.69, 9.17) is 0 Å². The highest BCUT2D eigenvalue weighted by Crippen LogP contribution is 2.31. The van der Waals surface area contributed by atoms with Crippen LogP contribution in [0.25, 0.3) is 0 Å². The summed E-state index contributed by atoms with van der Waals surface area (Å²) in [4.78, 5) is 1.32. The minimum absolute atomic E-state index is 0.539. The molecule has 2 unspecified atom stereocenters. The van der Waals surface area contributed by atoms with E-state index in [-0.39, 0.29) is 0 Å². The highest BCUT2D eigenvalue weighted by molar-refractivity contribution is 9.10. The van der Waals surface area contributed by atoms with Gasteiger partial charge in [-0.05, 0) is 48.0 Å². The Bertz CT molecular complexity index is 317. The summed E-state index contributed by atoms with van der Waals surface area (Å²) in [5, 5.41) is 4.11. The Balaban J connectivity index is 2.50. The Kier molecular flexibility index (Phi) is 6.47. The second-order valence-electron chi connectivity index (χ2n) is 4.00. The molecule has 1 aromatic carbocycles. The van der Waals surface area contributed by atoms with Crippen molar-refractivity contribution in [2.24, 2.45) is 0 Å². The molecule has 1 nitrogen and oxygen atoms in total. The van der Waals surface area contributed by atoms with Gasteiger partial charge in [-0.15, -0.1) is 11.8 Å². The topological polar surface area (TPSA) is 12.0 Å². The lowest BCUT2D eigenvalue weighted by Crippen LogP contribution is -2.34. The van der Waals surface area contributed by atoms with Crippen LogP contribution in [0, 0.1) is 0 Å². The van der Waals surface area contributed by atoms with Crippen LogP contribution >= 0.6 is 27.7 Å². The van der Waals surface area contributed by atoms with Crippen molar-refractivity contribution in [3.05, 3.63) is 28.7 Å². The first-order valence-corrected chi connectivity index (χ1v) is 7.47. The van der Waals surface area contributed by atoms with Crippen molar-refractivity contribution in [1.29, 1.82) is 0 Å². The molecule has 0 aliphatic rings. The standard InChI is InChI=1S/C13H20BrNS/c1-4-9-15-10(2)11(3)16-13-8-6-5-7-12(13)14/h5-8,10-11,15H,4,9H2,1-3H3. The lowest BCUT2D eigenvalue weighted by atomic mass is 10.2. The van der Waals surface area contributed by atoms with Crippen LogP contribution in [-0.2, 0) is 0 Å². The number of hydrogen-bond donors (Lipinski definition) is 1. The summed E-state index contributed by atoms with van der Waals surface area (Å²) in [6, 6.07) is 8.94. The first kappa shape index (κ1) is 14.1. The first-order valence-electron chi connectivity index (χ1n) is 5.79. The number of hydrogen-bond acceptors (Lipinski definition) is 2. The Hall–Kier alpha value is 0.01000. The third kappa shape index (κ3) is 4.48. The van der Waals surface area contributed by atoms with Gasteiger partial charge in [-0.1, -0.05) is 26.0 Å². The van der Waals surface area contributed by atoms with E-state index in [1.54, 1.807) is 0 Å². The van der Waals surface area contributed by atoms with Gasteiger partial charge in [0.25, 0.3) is 0 Å². The maximum Gasteiger partial charge on any atom is 0.0311 e. The number of benzene rings is 1. The molecule has 1 aromatic rings. The van der Waals surface area contributed by atoms with Gasteiger partial charge in [-0.2, -0.15) is 0 Å². The summed E-state index contributed by atoms with van der Waals surface area (Å²) in [7, 11) is 0. The van der Waals surface area contributed by atoms with Crippen LogP contribution in [-0.4, -0.2) is 17.8 Å². The van der Waals surface area contributed by atoms with Gasteiger partial charge >= 0.3 is 0 Å². The van der Waals surface area contributed by atoms with E-state index in [1.165, 1.54) is 15.8 Å². The molecule has 0 aromatic heterocycles. The van der Waals surface area contributed by atoms with E-state index >= 15 is 0 Å². The third-order valence-electron chi connectivity index (χ3n) is 2.57. The zero-order valence-corrected chi connectivity index (χ0v) is 12.6. The van der Waals surface area contributed by atoms with Crippen molar-refractivity contribution in [1.82, 2.24) is 5.32 Å². The molecule has 0 radical (unpaired) electrons. The summed E-state index contributed by atoms with van der Waals surface area (Å²) < 4.78 is 1.19. The molecule has 0 saturated heterocycles. The van der Waals surface area contributed by atoms with Gasteiger partial charge < -0.3 is 5.32 Å². The zero-order valence-electron chi connectivity index (χ0n) is 10.2. The lowest BCUT2D eigenvalue weighted by molar-refractivity contribution is 0.542. The van der Waals surface area contributed by atoms with Crippen molar-refractivity contribution in [2.75, 3.05) is 6.54 Å². The Labute approximate surface area is 112 Å². The monoisotopic (exact) mass is 301 g/mol. The van der Waals surface area contributed by atoms with Gasteiger partial charge in [-0.25, -0.2) is 0 Å². The predicted molar refractivity (Wildman–Crippen MR) is 77.2 cm³/mol. The third-order valence-corrected chi connectivity index (χ3v) is 4.91. The van der Waals surface area contributed by atoms with Crippen molar-refractivity contribution in [3.63, 3.8) is 0 Å². The second kappa shape index (κ2) is 7.36. The number of thioether (sulfide) groups is 1. The van der Waals surface area contributed by atoms with Crippen molar-refractivity contribution < 1.29 is 0 Å². The molecule has 0 aliphatic carbocycles. The maximum absolute atomic E-state index is 3.59. The fraction of sp³-hybridized carbons (Fsp3) is 0.538. The molecule has 1 N–H and O–H groups in total. The summed E-state index contributed by atoms with van der Waals surface area (Å²) in [5.41, 5.74) is 0. The Morgan fingerprint density at radius 1 is 1.31 bits per heavy atom. The van der Waals surface area contributed by atoms with Gasteiger partial charge in [0, 0.05) is 20.7 Å². The summed E-state index contributed by atoms with van der Waals surface area (Å²) in [6.45, 7) is 7.83. The van der Waals surface area contributed by atoms with E-state index in [1.807, 2.05) is 11.8 Å². The molecule has 0 heterocycles. The number of halogens is 1. The fourth-order valence-corrected chi connectivity index (χ4v) is 2.98. The molecule has 2 atom stereocenters. The predicted octanol–water partition coefficient (Wildman–Crippen LogP) is 4.32. The average molecular weight is 302 g/mol. The molecule has 0 aliphatic heterocycles. The molecule has 0 bridgehead atoms. The van der Waals surface area contributed by atoms with Gasteiger partial charge in [0.05, 0.1) is 0 Å². The SMILES string of the molecule is CCCNC(C)C(C)Sc1ccccc1Br. The summed E-state index contributed by atoms with van der Waals surface area (Å²) >= 11 is 5.50. The van der Waals surface area contributed by atoms with Gasteiger partial charge in [0.1, 0.15) is 0 Å². The van der Waals surface area contributed by atoms with Crippen LogP contribution < -0.4 is 5.32 Å². The fourth-order valence-electron chi connectivity index (χ4n) is 1.38. The highest BCUT2D eigenvalue weighted by Gasteiger charge is 2.13. The quantitative estimate of drug-likeness (QED) is 0.786. The van der Waals surface area contributed by atoms with Crippen LogP contribution in [0.15, 0.2) is 33.6 Å². The van der Waals surface area contributed by atoms with Crippen LogP contribution in [0.5, 0.6) is 0 Å². The van der Waals surface area contributed by atoms with E-state index < -0.39 is 0 Å². The van der Waals surface area contributed by atoms with Crippen molar-refractivity contribution in [3.8, 4) is 0 Å². The molecule has 0 fully saturated rings. The van der Waals surface area contributed by atoms with E-state index in [2.05, 4.69) is 66.3 Å². The van der Waals surface area contributed by atoms with E-state index in [0.29, 0.717) is 11.3 Å². The second-order valence-corrected chi connectivity index (χ2v) is 6.27. The highest BCUT2D eigenvalue weighted by atomic mass is 79.9.